The molecule has 1 heterocycles. The van der Waals surface area contributed by atoms with Crippen LogP contribution in [0.25, 0.3) is 17.0 Å². The fourth-order valence-corrected chi connectivity index (χ4v) is 3.24. The lowest BCUT2D eigenvalue weighted by atomic mass is 9.89. The van der Waals surface area contributed by atoms with Gasteiger partial charge in [-0.2, -0.15) is 5.10 Å². The highest BCUT2D eigenvalue weighted by atomic mass is 16.3. The molecule has 1 amide bonds. The number of phenols is 1. The zero-order valence-corrected chi connectivity index (χ0v) is 14.0. The molecule has 4 N–H and O–H groups in total. The number of hydrogen-bond acceptors (Lipinski definition) is 4. The summed E-state index contributed by atoms with van der Waals surface area (Å²) in [7, 11) is 0. The van der Waals surface area contributed by atoms with Gasteiger partial charge in [0.2, 0.25) is 0 Å². The second-order valence-electron chi connectivity index (χ2n) is 6.16. The first kappa shape index (κ1) is 16.0. The van der Waals surface area contributed by atoms with Gasteiger partial charge in [-0.25, -0.2) is 0 Å². The summed E-state index contributed by atoms with van der Waals surface area (Å²) in [5, 5.41) is 17.0. The number of hydrazine groups is 1. The molecule has 0 spiro atoms. The van der Waals surface area contributed by atoms with Crippen LogP contribution in [0.15, 0.2) is 55.1 Å². The maximum Gasteiger partial charge on any atom is 0.287 e. The van der Waals surface area contributed by atoms with Crippen molar-refractivity contribution in [3.8, 4) is 17.0 Å². The number of aromatic amines is 1. The van der Waals surface area contributed by atoms with E-state index in [0.29, 0.717) is 17.0 Å². The second-order valence-corrected chi connectivity index (χ2v) is 6.16. The largest absolute Gasteiger partial charge is 0.507 e. The summed E-state index contributed by atoms with van der Waals surface area (Å²) in [5.41, 5.74) is 10.8. The highest BCUT2D eigenvalue weighted by Crippen LogP contribution is 2.33. The molecule has 0 unspecified atom stereocenters. The Labute approximate surface area is 150 Å². The molecule has 6 nitrogen and oxygen atoms in total. The molecule has 1 aromatic heterocycles. The number of phenolic OH excluding ortho intramolecular Hbond substituents is 1. The zero-order chi connectivity index (χ0) is 18.1. The number of nitrogens with one attached hydrogen (secondary N) is 3. The van der Waals surface area contributed by atoms with E-state index >= 15 is 0 Å². The molecule has 1 aliphatic carbocycles. The van der Waals surface area contributed by atoms with E-state index < -0.39 is 0 Å². The number of fused-ring (bicyclic) bond motifs is 3. The van der Waals surface area contributed by atoms with Gasteiger partial charge in [-0.15, -0.1) is 0 Å². The Bertz CT molecular complexity index is 1010. The Hall–Kier alpha value is -3.54. The normalized spacial score (nSPS) is 12.0. The van der Waals surface area contributed by atoms with Crippen molar-refractivity contribution in [3.05, 3.63) is 77.5 Å². The predicted octanol–water partition coefficient (Wildman–Crippen LogP) is 2.79. The van der Waals surface area contributed by atoms with E-state index in [1.54, 1.807) is 24.3 Å². The van der Waals surface area contributed by atoms with Gasteiger partial charge in [0, 0.05) is 16.7 Å². The number of aromatic nitrogens is 2. The summed E-state index contributed by atoms with van der Waals surface area (Å²) < 4.78 is 0. The third-order valence-electron chi connectivity index (χ3n) is 4.57. The van der Waals surface area contributed by atoms with E-state index in [9.17, 15) is 9.90 Å². The van der Waals surface area contributed by atoms with Gasteiger partial charge in [0.15, 0.2) is 0 Å². The molecule has 26 heavy (non-hydrogen) atoms. The average Bonchev–Trinajstić information content (AvgIpc) is 3.11. The molecule has 0 radical (unpaired) electrons. The second kappa shape index (κ2) is 6.40. The molecule has 0 fully saturated rings. The number of aromatic hydroxyl groups is 1. The van der Waals surface area contributed by atoms with Crippen molar-refractivity contribution in [2.24, 2.45) is 0 Å². The number of rotatable bonds is 4. The molecule has 0 atom stereocenters. The number of carbonyl (C=O) groups is 1. The molecule has 0 bridgehead atoms. The standard InChI is InChI=1S/C20H18N4O2/c1-12(14-7-4-5-9-17(14)25)21-24-20(26)19-16-11-10-13-6-2-3-8-15(13)18(16)22-23-19/h2-9,21,25H,1,10-11H2,(H,22,23)(H,24,26). The van der Waals surface area contributed by atoms with E-state index in [-0.39, 0.29) is 11.7 Å². The number of H-pyrrole nitrogens is 1. The van der Waals surface area contributed by atoms with Crippen molar-refractivity contribution >= 4 is 11.6 Å². The van der Waals surface area contributed by atoms with Crippen LogP contribution in [0.3, 0.4) is 0 Å². The Balaban J connectivity index is 1.52. The van der Waals surface area contributed by atoms with Gasteiger partial charge in [-0.3, -0.25) is 20.7 Å². The monoisotopic (exact) mass is 346 g/mol. The van der Waals surface area contributed by atoms with Crippen molar-refractivity contribution in [1.29, 1.82) is 0 Å². The fraction of sp³-hybridized carbons (Fsp3) is 0.100. The van der Waals surface area contributed by atoms with Gasteiger partial charge < -0.3 is 5.11 Å². The van der Waals surface area contributed by atoms with Crippen LogP contribution < -0.4 is 10.9 Å². The van der Waals surface area contributed by atoms with Gasteiger partial charge in [-0.1, -0.05) is 43.0 Å². The predicted molar refractivity (Wildman–Crippen MR) is 99.2 cm³/mol. The molecule has 2 aromatic carbocycles. The number of nitrogens with zero attached hydrogens (tertiary/aromatic N) is 1. The van der Waals surface area contributed by atoms with Crippen molar-refractivity contribution in [1.82, 2.24) is 21.0 Å². The number of amides is 1. The van der Waals surface area contributed by atoms with E-state index in [4.69, 9.17) is 0 Å². The Morgan fingerprint density at radius 3 is 2.69 bits per heavy atom. The average molecular weight is 346 g/mol. The first-order valence-electron chi connectivity index (χ1n) is 8.34. The summed E-state index contributed by atoms with van der Waals surface area (Å²) in [6, 6.07) is 14.9. The molecule has 130 valence electrons. The maximum absolute atomic E-state index is 12.6. The van der Waals surface area contributed by atoms with Crippen LogP contribution >= 0.6 is 0 Å². The minimum Gasteiger partial charge on any atom is -0.507 e. The molecule has 0 aliphatic heterocycles. The Morgan fingerprint density at radius 2 is 1.85 bits per heavy atom. The highest BCUT2D eigenvalue weighted by molar-refractivity contribution is 5.96. The third-order valence-corrected chi connectivity index (χ3v) is 4.57. The summed E-state index contributed by atoms with van der Waals surface area (Å²) in [6.45, 7) is 3.84. The van der Waals surface area contributed by atoms with Crippen molar-refractivity contribution in [2.45, 2.75) is 12.8 Å². The van der Waals surface area contributed by atoms with Gasteiger partial charge in [0.25, 0.3) is 5.91 Å². The van der Waals surface area contributed by atoms with E-state index in [0.717, 1.165) is 29.7 Å². The van der Waals surface area contributed by atoms with Gasteiger partial charge in [-0.05, 0) is 30.5 Å². The van der Waals surface area contributed by atoms with Crippen molar-refractivity contribution in [3.63, 3.8) is 0 Å². The van der Waals surface area contributed by atoms with Gasteiger partial charge in [0.1, 0.15) is 11.4 Å². The minimum absolute atomic E-state index is 0.0924. The van der Waals surface area contributed by atoms with Crippen LogP contribution in [0.4, 0.5) is 0 Å². The van der Waals surface area contributed by atoms with Crippen LogP contribution in [0, 0.1) is 0 Å². The summed E-state index contributed by atoms with van der Waals surface area (Å²) in [5.74, 6) is -0.232. The number of hydrogen-bond donors (Lipinski definition) is 4. The van der Waals surface area contributed by atoms with Gasteiger partial charge >= 0.3 is 0 Å². The molecule has 4 rings (SSSR count). The molecule has 1 aliphatic rings. The van der Waals surface area contributed by atoms with Crippen LogP contribution in [0.1, 0.15) is 27.2 Å². The Kier molecular flexibility index (Phi) is 3.93. The van der Waals surface area contributed by atoms with Crippen molar-refractivity contribution in [2.75, 3.05) is 0 Å². The smallest absolute Gasteiger partial charge is 0.287 e. The van der Waals surface area contributed by atoms with Gasteiger partial charge in [0.05, 0.1) is 11.4 Å². The zero-order valence-electron chi connectivity index (χ0n) is 14.0. The fourth-order valence-electron chi connectivity index (χ4n) is 3.24. The molecule has 0 saturated carbocycles. The summed E-state index contributed by atoms with van der Waals surface area (Å²) >= 11 is 0. The lowest BCUT2D eigenvalue weighted by Gasteiger charge is -2.16. The number of carbonyl (C=O) groups excluding carboxylic acids is 1. The van der Waals surface area contributed by atoms with Crippen molar-refractivity contribution < 1.29 is 9.90 Å². The first-order valence-corrected chi connectivity index (χ1v) is 8.34. The topological polar surface area (TPSA) is 90.0 Å². The molecule has 0 saturated heterocycles. The van der Waals surface area contributed by atoms with E-state index in [1.807, 2.05) is 18.2 Å². The first-order chi connectivity index (χ1) is 12.6. The SMILES string of the molecule is C=C(NNC(=O)c1[nH]nc2c1CCc1ccccc1-2)c1ccccc1O. The maximum atomic E-state index is 12.6. The lowest BCUT2D eigenvalue weighted by Crippen LogP contribution is -2.36. The van der Waals surface area contributed by atoms with Crippen LogP contribution in [0.5, 0.6) is 5.75 Å². The quantitative estimate of drug-likeness (QED) is 0.547. The summed E-state index contributed by atoms with van der Waals surface area (Å²) in [4.78, 5) is 12.6. The highest BCUT2D eigenvalue weighted by Gasteiger charge is 2.25. The number of benzene rings is 2. The van der Waals surface area contributed by atoms with Crippen LogP contribution in [-0.4, -0.2) is 21.2 Å². The lowest BCUT2D eigenvalue weighted by molar-refractivity contribution is 0.0936. The Morgan fingerprint density at radius 1 is 1.08 bits per heavy atom. The molecule has 3 aromatic rings. The minimum atomic E-state index is -0.324. The number of para-hydroxylation sites is 1. The van der Waals surface area contributed by atoms with E-state index in [2.05, 4.69) is 33.7 Å². The molecular weight excluding hydrogens is 328 g/mol. The van der Waals surface area contributed by atoms with E-state index in [1.165, 1.54) is 5.56 Å². The third kappa shape index (κ3) is 2.71. The summed E-state index contributed by atoms with van der Waals surface area (Å²) in [6.07, 6.45) is 1.63. The van der Waals surface area contributed by atoms with Crippen LogP contribution in [0.2, 0.25) is 0 Å². The van der Waals surface area contributed by atoms with Crippen LogP contribution in [-0.2, 0) is 12.8 Å². The molecular formula is C20H18N4O2. The number of aryl methyl sites for hydroxylation is 1. The molecule has 6 heteroatoms.